The summed E-state index contributed by atoms with van der Waals surface area (Å²) in [5.41, 5.74) is 1.80. The van der Waals surface area contributed by atoms with Crippen molar-refractivity contribution in [1.29, 1.82) is 0 Å². The van der Waals surface area contributed by atoms with Crippen LogP contribution in [-0.2, 0) is 4.74 Å². The van der Waals surface area contributed by atoms with Gasteiger partial charge in [-0.15, -0.1) is 10.2 Å². The van der Waals surface area contributed by atoms with Gasteiger partial charge >= 0.3 is 5.97 Å². The largest absolute Gasteiger partial charge is 0.465 e. The second kappa shape index (κ2) is 5.99. The Morgan fingerprint density at radius 2 is 2.14 bits per heavy atom. The van der Waals surface area contributed by atoms with Gasteiger partial charge in [0, 0.05) is 19.0 Å². The molecule has 1 aromatic heterocycles. The maximum atomic E-state index is 11.4. The molecule has 110 valence electrons. The smallest absolute Gasteiger partial charge is 0.337 e. The number of ether oxygens (including phenoxy) is 1. The van der Waals surface area contributed by atoms with Crippen molar-refractivity contribution in [3.05, 3.63) is 39.9 Å². The zero-order chi connectivity index (χ0) is 14.8. The van der Waals surface area contributed by atoms with Gasteiger partial charge in [0.2, 0.25) is 9.60 Å². The first-order valence-electron chi connectivity index (χ1n) is 6.59. The number of carbonyl (C=O) groups is 1. The van der Waals surface area contributed by atoms with E-state index in [1.165, 1.54) is 24.0 Å². The molecule has 2 heterocycles. The third-order valence-electron chi connectivity index (χ3n) is 3.65. The van der Waals surface area contributed by atoms with Gasteiger partial charge in [-0.2, -0.15) is 0 Å². The fraction of sp³-hybridized carbons (Fsp3) is 0.357. The molecule has 0 spiro atoms. The highest BCUT2D eigenvalue weighted by Gasteiger charge is 2.26. The SMILES string of the molecule is COC(=O)c1ccc(C2CCN(c3nnc(Cl)s3)C2)cc1. The summed E-state index contributed by atoms with van der Waals surface area (Å²) in [6, 6.07) is 7.61. The van der Waals surface area contributed by atoms with Crippen molar-refractivity contribution in [1.82, 2.24) is 10.2 Å². The van der Waals surface area contributed by atoms with Crippen LogP contribution in [0.2, 0.25) is 4.47 Å². The molecule has 0 amide bonds. The molecule has 5 nitrogen and oxygen atoms in total. The Bertz CT molecular complexity index is 644. The fourth-order valence-corrected chi connectivity index (χ4v) is 3.40. The summed E-state index contributed by atoms with van der Waals surface area (Å²) in [7, 11) is 1.39. The zero-order valence-corrected chi connectivity index (χ0v) is 13.0. The number of rotatable bonds is 3. The van der Waals surface area contributed by atoms with E-state index < -0.39 is 0 Å². The Hall–Kier alpha value is -1.66. The number of benzene rings is 1. The van der Waals surface area contributed by atoms with E-state index in [9.17, 15) is 4.79 Å². The third-order valence-corrected chi connectivity index (χ3v) is 4.73. The topological polar surface area (TPSA) is 55.3 Å². The number of hydrogen-bond acceptors (Lipinski definition) is 6. The van der Waals surface area contributed by atoms with E-state index in [-0.39, 0.29) is 5.97 Å². The lowest BCUT2D eigenvalue weighted by Gasteiger charge is -2.14. The molecule has 1 saturated heterocycles. The van der Waals surface area contributed by atoms with Crippen LogP contribution in [0.3, 0.4) is 0 Å². The number of aromatic nitrogens is 2. The highest BCUT2D eigenvalue weighted by molar-refractivity contribution is 7.19. The van der Waals surface area contributed by atoms with Gasteiger partial charge in [-0.3, -0.25) is 0 Å². The molecule has 0 saturated carbocycles. The van der Waals surface area contributed by atoms with Crippen LogP contribution in [0.1, 0.15) is 28.3 Å². The average molecular weight is 324 g/mol. The maximum Gasteiger partial charge on any atom is 0.337 e. The van der Waals surface area contributed by atoms with Gasteiger partial charge in [-0.25, -0.2) is 4.79 Å². The predicted molar refractivity (Wildman–Crippen MR) is 82.3 cm³/mol. The lowest BCUT2D eigenvalue weighted by molar-refractivity contribution is 0.0600. The van der Waals surface area contributed by atoms with Crippen LogP contribution >= 0.6 is 22.9 Å². The summed E-state index contributed by atoms with van der Waals surface area (Å²) in [5.74, 6) is 0.123. The Kier molecular flexibility index (Phi) is 4.07. The molecule has 2 aromatic rings. The molecule has 0 radical (unpaired) electrons. The number of halogens is 1. The van der Waals surface area contributed by atoms with Crippen LogP contribution in [-0.4, -0.2) is 36.4 Å². The first kappa shape index (κ1) is 14.3. The Labute approximate surface area is 131 Å². The molecule has 7 heteroatoms. The molecule has 1 aliphatic heterocycles. The monoisotopic (exact) mass is 323 g/mol. The van der Waals surface area contributed by atoms with E-state index >= 15 is 0 Å². The fourth-order valence-electron chi connectivity index (χ4n) is 2.54. The van der Waals surface area contributed by atoms with Crippen molar-refractivity contribution in [3.8, 4) is 0 Å². The first-order chi connectivity index (χ1) is 10.2. The summed E-state index contributed by atoms with van der Waals surface area (Å²) >= 11 is 7.23. The molecule has 1 atom stereocenters. The Morgan fingerprint density at radius 1 is 1.38 bits per heavy atom. The molecule has 3 rings (SSSR count). The quantitative estimate of drug-likeness (QED) is 0.813. The van der Waals surface area contributed by atoms with Crippen LogP contribution in [0.4, 0.5) is 5.13 Å². The number of anilines is 1. The van der Waals surface area contributed by atoms with E-state index in [0.29, 0.717) is 15.9 Å². The van der Waals surface area contributed by atoms with E-state index in [0.717, 1.165) is 24.6 Å². The molecular weight excluding hydrogens is 310 g/mol. The highest BCUT2D eigenvalue weighted by Crippen LogP contribution is 2.33. The number of methoxy groups -OCH3 is 1. The molecule has 1 aromatic carbocycles. The summed E-state index contributed by atoms with van der Waals surface area (Å²) in [4.78, 5) is 13.6. The Morgan fingerprint density at radius 3 is 2.76 bits per heavy atom. The van der Waals surface area contributed by atoms with Crippen molar-refractivity contribution in [2.45, 2.75) is 12.3 Å². The van der Waals surface area contributed by atoms with Crippen LogP contribution in [0, 0.1) is 0 Å². The van der Waals surface area contributed by atoms with Crippen LogP contribution < -0.4 is 4.90 Å². The molecule has 0 bridgehead atoms. The first-order valence-corrected chi connectivity index (χ1v) is 7.79. The Balaban J connectivity index is 1.70. The second-order valence-electron chi connectivity index (χ2n) is 4.88. The van der Waals surface area contributed by atoms with Gasteiger partial charge < -0.3 is 9.64 Å². The zero-order valence-electron chi connectivity index (χ0n) is 11.5. The van der Waals surface area contributed by atoms with Gasteiger partial charge in [-0.05, 0) is 35.7 Å². The summed E-state index contributed by atoms with van der Waals surface area (Å²) in [6.45, 7) is 1.83. The number of hydrogen-bond donors (Lipinski definition) is 0. The molecule has 1 unspecified atom stereocenters. The van der Waals surface area contributed by atoms with E-state index in [1.54, 1.807) is 0 Å². The van der Waals surface area contributed by atoms with Gasteiger partial charge in [0.25, 0.3) is 0 Å². The third kappa shape index (κ3) is 3.01. The predicted octanol–water partition coefficient (Wildman–Crippen LogP) is 2.97. The van der Waals surface area contributed by atoms with E-state index in [4.69, 9.17) is 16.3 Å². The summed E-state index contributed by atoms with van der Waals surface area (Å²) in [6.07, 6.45) is 1.05. The highest BCUT2D eigenvalue weighted by atomic mass is 35.5. The molecular formula is C14H14ClN3O2S. The molecule has 1 fully saturated rings. The van der Waals surface area contributed by atoms with E-state index in [1.807, 2.05) is 24.3 Å². The number of carbonyl (C=O) groups excluding carboxylic acids is 1. The second-order valence-corrected chi connectivity index (χ2v) is 6.42. The molecule has 21 heavy (non-hydrogen) atoms. The molecule has 0 aliphatic carbocycles. The van der Waals surface area contributed by atoms with Crippen molar-refractivity contribution in [3.63, 3.8) is 0 Å². The lowest BCUT2D eigenvalue weighted by Crippen LogP contribution is -2.18. The number of nitrogens with zero attached hydrogens (tertiary/aromatic N) is 3. The standard InChI is InChI=1S/C14H14ClN3O2S/c1-20-12(19)10-4-2-9(3-5-10)11-6-7-18(8-11)14-17-16-13(15)21-14/h2-5,11H,6-8H2,1H3. The lowest BCUT2D eigenvalue weighted by atomic mass is 9.97. The summed E-state index contributed by atoms with van der Waals surface area (Å²) < 4.78 is 5.17. The maximum absolute atomic E-state index is 11.4. The summed E-state index contributed by atoms with van der Waals surface area (Å²) in [5, 5.41) is 8.79. The van der Waals surface area contributed by atoms with Crippen molar-refractivity contribution >= 4 is 34.0 Å². The van der Waals surface area contributed by atoms with Gasteiger partial charge in [0.15, 0.2) is 0 Å². The minimum absolute atomic E-state index is 0.307. The van der Waals surface area contributed by atoms with Crippen molar-refractivity contribution in [2.75, 3.05) is 25.1 Å². The van der Waals surface area contributed by atoms with Crippen LogP contribution in [0.5, 0.6) is 0 Å². The van der Waals surface area contributed by atoms with Crippen molar-refractivity contribution < 1.29 is 9.53 Å². The van der Waals surface area contributed by atoms with Crippen LogP contribution in [0.15, 0.2) is 24.3 Å². The molecule has 0 N–H and O–H groups in total. The van der Waals surface area contributed by atoms with Crippen molar-refractivity contribution in [2.24, 2.45) is 0 Å². The minimum Gasteiger partial charge on any atom is -0.465 e. The van der Waals surface area contributed by atoms with Gasteiger partial charge in [0.05, 0.1) is 12.7 Å². The van der Waals surface area contributed by atoms with Gasteiger partial charge in [0.1, 0.15) is 0 Å². The normalized spacial score (nSPS) is 18.0. The average Bonchev–Trinajstić information content (AvgIpc) is 3.15. The van der Waals surface area contributed by atoms with Gasteiger partial charge in [-0.1, -0.05) is 23.5 Å². The van der Waals surface area contributed by atoms with Crippen LogP contribution in [0.25, 0.3) is 0 Å². The van der Waals surface area contributed by atoms with E-state index in [2.05, 4.69) is 15.1 Å². The number of esters is 1. The molecule has 1 aliphatic rings. The minimum atomic E-state index is -0.307.